The molecular formula is C18H23N3. The highest BCUT2D eigenvalue weighted by atomic mass is 15.1. The molecule has 0 radical (unpaired) electrons. The molecule has 3 rings (SSSR count). The molecule has 3 N–H and O–H groups in total. The number of aromatic amines is 1. The number of anilines is 1. The standard InChI is InChI=1S/C10H14.C8H9N3/c1-3-9-5-7-10(4-2)8-6-9;1-5-2-3-6-7(4-5)10-11-8(6)9/h5-8H,3-4H2,1-2H3;2-4H,1H3,(H3,9,10,11). The molecule has 1 heterocycles. The number of nitrogens with zero attached hydrogens (tertiary/aromatic N) is 1. The average molecular weight is 281 g/mol. The summed E-state index contributed by atoms with van der Waals surface area (Å²) in [6.07, 6.45) is 2.29. The Hall–Kier alpha value is -2.29. The molecule has 0 fully saturated rings. The van der Waals surface area contributed by atoms with E-state index in [1.54, 1.807) is 0 Å². The van der Waals surface area contributed by atoms with Crippen molar-refractivity contribution in [3.63, 3.8) is 0 Å². The van der Waals surface area contributed by atoms with E-state index in [4.69, 9.17) is 5.73 Å². The number of rotatable bonds is 2. The maximum atomic E-state index is 5.58. The molecule has 110 valence electrons. The van der Waals surface area contributed by atoms with Crippen LogP contribution in [0, 0.1) is 6.92 Å². The van der Waals surface area contributed by atoms with E-state index in [-0.39, 0.29) is 0 Å². The summed E-state index contributed by atoms with van der Waals surface area (Å²) in [7, 11) is 0. The minimum atomic E-state index is 0.569. The summed E-state index contributed by atoms with van der Waals surface area (Å²) in [6, 6.07) is 14.9. The first-order valence-corrected chi connectivity index (χ1v) is 7.42. The molecule has 0 unspecified atom stereocenters. The highest BCUT2D eigenvalue weighted by Gasteiger charge is 1.99. The molecule has 0 aliphatic heterocycles. The minimum absolute atomic E-state index is 0.569. The Kier molecular flexibility index (Phi) is 4.99. The number of H-pyrrole nitrogens is 1. The molecule has 21 heavy (non-hydrogen) atoms. The van der Waals surface area contributed by atoms with Crippen LogP contribution < -0.4 is 5.73 Å². The summed E-state index contributed by atoms with van der Waals surface area (Å²) in [5.41, 5.74) is 10.7. The third-order valence-electron chi connectivity index (χ3n) is 3.59. The third kappa shape index (κ3) is 3.85. The van der Waals surface area contributed by atoms with Gasteiger partial charge in [0.15, 0.2) is 5.82 Å². The van der Waals surface area contributed by atoms with Crippen molar-refractivity contribution in [2.75, 3.05) is 5.73 Å². The molecule has 3 aromatic rings. The smallest absolute Gasteiger partial charge is 0.153 e. The number of nitrogens with one attached hydrogen (secondary N) is 1. The zero-order valence-electron chi connectivity index (χ0n) is 13.0. The van der Waals surface area contributed by atoms with Gasteiger partial charge in [0.1, 0.15) is 0 Å². The lowest BCUT2D eigenvalue weighted by atomic mass is 10.1. The van der Waals surface area contributed by atoms with Gasteiger partial charge in [0, 0.05) is 5.39 Å². The zero-order chi connectivity index (χ0) is 15.2. The van der Waals surface area contributed by atoms with E-state index in [0.29, 0.717) is 5.82 Å². The molecule has 0 saturated heterocycles. The Bertz CT molecular complexity index is 673. The van der Waals surface area contributed by atoms with E-state index in [1.807, 2.05) is 25.1 Å². The number of aryl methyl sites for hydroxylation is 3. The number of hydrogen-bond donors (Lipinski definition) is 2. The summed E-state index contributed by atoms with van der Waals surface area (Å²) in [4.78, 5) is 0. The number of nitrogen functional groups attached to an aromatic ring is 1. The van der Waals surface area contributed by atoms with Crippen molar-refractivity contribution < 1.29 is 0 Å². The molecule has 0 saturated carbocycles. The van der Waals surface area contributed by atoms with Gasteiger partial charge in [0.25, 0.3) is 0 Å². The summed E-state index contributed by atoms with van der Waals surface area (Å²) < 4.78 is 0. The second-order valence-corrected chi connectivity index (χ2v) is 5.18. The van der Waals surface area contributed by atoms with Crippen molar-refractivity contribution in [3.8, 4) is 0 Å². The van der Waals surface area contributed by atoms with Crippen molar-refractivity contribution in [1.82, 2.24) is 10.2 Å². The van der Waals surface area contributed by atoms with Crippen LogP contribution >= 0.6 is 0 Å². The summed E-state index contributed by atoms with van der Waals surface area (Å²) in [6.45, 7) is 6.40. The number of nitrogens with two attached hydrogens (primary N) is 1. The number of hydrogen-bond acceptors (Lipinski definition) is 2. The quantitative estimate of drug-likeness (QED) is 0.737. The fourth-order valence-corrected chi connectivity index (χ4v) is 2.17. The number of benzene rings is 2. The normalized spacial score (nSPS) is 10.2. The Morgan fingerprint density at radius 3 is 2.05 bits per heavy atom. The van der Waals surface area contributed by atoms with Crippen LogP contribution in [0.1, 0.15) is 30.5 Å². The molecule has 0 aliphatic carbocycles. The van der Waals surface area contributed by atoms with Gasteiger partial charge in [-0.15, -0.1) is 0 Å². The first-order chi connectivity index (χ1) is 10.1. The highest BCUT2D eigenvalue weighted by molar-refractivity contribution is 5.88. The number of fused-ring (bicyclic) bond motifs is 1. The average Bonchev–Trinajstić information content (AvgIpc) is 2.88. The van der Waals surface area contributed by atoms with Crippen LogP contribution in [0.4, 0.5) is 5.82 Å². The molecule has 0 spiro atoms. The van der Waals surface area contributed by atoms with Crippen LogP contribution in [0.25, 0.3) is 10.9 Å². The van der Waals surface area contributed by atoms with Crippen LogP contribution in [-0.4, -0.2) is 10.2 Å². The molecule has 3 nitrogen and oxygen atoms in total. The largest absolute Gasteiger partial charge is 0.382 e. The minimum Gasteiger partial charge on any atom is -0.382 e. The van der Waals surface area contributed by atoms with Gasteiger partial charge in [-0.05, 0) is 48.6 Å². The van der Waals surface area contributed by atoms with Crippen molar-refractivity contribution in [2.45, 2.75) is 33.6 Å². The van der Waals surface area contributed by atoms with Crippen LogP contribution in [0.5, 0.6) is 0 Å². The van der Waals surface area contributed by atoms with Gasteiger partial charge >= 0.3 is 0 Å². The predicted octanol–water partition coefficient (Wildman–Crippen LogP) is 4.26. The van der Waals surface area contributed by atoms with Gasteiger partial charge in [0.05, 0.1) is 5.52 Å². The maximum absolute atomic E-state index is 5.58. The van der Waals surface area contributed by atoms with Gasteiger partial charge < -0.3 is 5.73 Å². The SMILES string of the molecule is CCc1ccc(CC)cc1.Cc1ccc2c(N)n[nH]c2c1. The molecule has 3 heteroatoms. The van der Waals surface area contributed by atoms with E-state index >= 15 is 0 Å². The first-order valence-electron chi connectivity index (χ1n) is 7.42. The maximum Gasteiger partial charge on any atom is 0.153 e. The zero-order valence-corrected chi connectivity index (χ0v) is 13.0. The lowest BCUT2D eigenvalue weighted by molar-refractivity contribution is 1.10. The van der Waals surface area contributed by atoms with Crippen molar-refractivity contribution in [2.24, 2.45) is 0 Å². The van der Waals surface area contributed by atoms with E-state index in [2.05, 4.69) is 48.3 Å². The van der Waals surface area contributed by atoms with E-state index < -0.39 is 0 Å². The lowest BCUT2D eigenvalue weighted by Crippen LogP contribution is -1.83. The Morgan fingerprint density at radius 1 is 0.952 bits per heavy atom. The molecule has 1 aromatic heterocycles. The Labute approximate surface area is 126 Å². The third-order valence-corrected chi connectivity index (χ3v) is 3.59. The molecular weight excluding hydrogens is 258 g/mol. The van der Waals surface area contributed by atoms with Crippen molar-refractivity contribution >= 4 is 16.7 Å². The van der Waals surface area contributed by atoms with E-state index in [0.717, 1.165) is 23.7 Å². The van der Waals surface area contributed by atoms with Gasteiger partial charge in [-0.1, -0.05) is 44.2 Å². The lowest BCUT2D eigenvalue weighted by Gasteiger charge is -1.97. The molecule has 0 atom stereocenters. The monoisotopic (exact) mass is 281 g/mol. The summed E-state index contributed by atoms with van der Waals surface area (Å²) in [5.74, 6) is 0.569. The highest BCUT2D eigenvalue weighted by Crippen LogP contribution is 2.17. The second kappa shape index (κ2) is 6.93. The predicted molar refractivity (Wildman–Crippen MR) is 90.4 cm³/mol. The van der Waals surface area contributed by atoms with Gasteiger partial charge in [-0.2, -0.15) is 5.10 Å². The number of aromatic nitrogens is 2. The Balaban J connectivity index is 0.000000155. The molecule has 0 bridgehead atoms. The topological polar surface area (TPSA) is 54.7 Å². The second-order valence-electron chi connectivity index (χ2n) is 5.18. The van der Waals surface area contributed by atoms with Crippen LogP contribution in [0.2, 0.25) is 0 Å². The van der Waals surface area contributed by atoms with Crippen LogP contribution in [0.15, 0.2) is 42.5 Å². The molecule has 2 aromatic carbocycles. The van der Waals surface area contributed by atoms with Gasteiger partial charge in [-0.25, -0.2) is 0 Å². The fraction of sp³-hybridized carbons (Fsp3) is 0.278. The van der Waals surface area contributed by atoms with Crippen LogP contribution in [-0.2, 0) is 12.8 Å². The summed E-state index contributed by atoms with van der Waals surface area (Å²) >= 11 is 0. The fourth-order valence-electron chi connectivity index (χ4n) is 2.17. The first kappa shape index (κ1) is 15.1. The van der Waals surface area contributed by atoms with E-state index in [9.17, 15) is 0 Å². The summed E-state index contributed by atoms with van der Waals surface area (Å²) in [5, 5.41) is 7.74. The van der Waals surface area contributed by atoms with Gasteiger partial charge in [0.2, 0.25) is 0 Å². The van der Waals surface area contributed by atoms with Gasteiger partial charge in [-0.3, -0.25) is 5.10 Å². The van der Waals surface area contributed by atoms with Crippen LogP contribution in [0.3, 0.4) is 0 Å². The van der Waals surface area contributed by atoms with E-state index in [1.165, 1.54) is 16.7 Å². The Morgan fingerprint density at radius 2 is 1.52 bits per heavy atom. The van der Waals surface area contributed by atoms with Crippen molar-refractivity contribution in [1.29, 1.82) is 0 Å². The molecule has 0 aliphatic rings. The molecule has 0 amide bonds. The van der Waals surface area contributed by atoms with Crippen molar-refractivity contribution in [3.05, 3.63) is 59.2 Å².